The highest BCUT2D eigenvalue weighted by Crippen LogP contribution is 2.24. The summed E-state index contributed by atoms with van der Waals surface area (Å²) in [5.74, 6) is 0. The SMILES string of the molecule is CC(=N)CN=Cc1c(Cl)cccc1[N+](=O)[O-]. The third kappa shape index (κ3) is 3.13. The minimum absolute atomic E-state index is 0.0844. The van der Waals surface area contributed by atoms with Crippen LogP contribution in [0.3, 0.4) is 0 Å². The van der Waals surface area contributed by atoms with Gasteiger partial charge in [-0.2, -0.15) is 0 Å². The Hall–Kier alpha value is -1.75. The Morgan fingerprint density at radius 1 is 1.69 bits per heavy atom. The molecule has 0 heterocycles. The van der Waals surface area contributed by atoms with Crippen molar-refractivity contribution in [1.82, 2.24) is 0 Å². The molecule has 0 aliphatic carbocycles. The van der Waals surface area contributed by atoms with Crippen molar-refractivity contribution in [2.75, 3.05) is 6.54 Å². The molecular formula is C10H10ClN3O2. The maximum Gasteiger partial charge on any atom is 0.279 e. The number of nitrogens with zero attached hydrogens (tertiary/aromatic N) is 2. The Morgan fingerprint density at radius 3 is 2.94 bits per heavy atom. The zero-order valence-electron chi connectivity index (χ0n) is 8.61. The van der Waals surface area contributed by atoms with E-state index < -0.39 is 4.92 Å². The maximum absolute atomic E-state index is 10.7. The fourth-order valence-corrected chi connectivity index (χ4v) is 1.30. The van der Waals surface area contributed by atoms with E-state index in [-0.39, 0.29) is 22.8 Å². The molecule has 0 spiro atoms. The van der Waals surface area contributed by atoms with Crippen LogP contribution in [0, 0.1) is 15.5 Å². The summed E-state index contributed by atoms with van der Waals surface area (Å²) in [6.45, 7) is 1.82. The molecule has 1 rings (SSSR count). The van der Waals surface area contributed by atoms with Crippen LogP contribution < -0.4 is 0 Å². The van der Waals surface area contributed by atoms with Crippen LogP contribution in [0.4, 0.5) is 5.69 Å². The number of benzene rings is 1. The third-order valence-electron chi connectivity index (χ3n) is 1.78. The van der Waals surface area contributed by atoms with Crippen LogP contribution in [-0.4, -0.2) is 23.4 Å². The van der Waals surface area contributed by atoms with E-state index in [1.807, 2.05) is 0 Å². The second-order valence-corrected chi connectivity index (χ2v) is 3.59. The zero-order chi connectivity index (χ0) is 12.1. The highest BCUT2D eigenvalue weighted by atomic mass is 35.5. The molecule has 0 aromatic heterocycles. The topological polar surface area (TPSA) is 79.3 Å². The van der Waals surface area contributed by atoms with Gasteiger partial charge in [-0.3, -0.25) is 15.1 Å². The van der Waals surface area contributed by atoms with Crippen LogP contribution in [0.5, 0.6) is 0 Å². The molecule has 0 bridgehead atoms. The molecule has 84 valence electrons. The second-order valence-electron chi connectivity index (χ2n) is 3.18. The lowest BCUT2D eigenvalue weighted by atomic mass is 10.2. The van der Waals surface area contributed by atoms with Crippen molar-refractivity contribution in [2.45, 2.75) is 6.92 Å². The van der Waals surface area contributed by atoms with Crippen molar-refractivity contribution in [2.24, 2.45) is 4.99 Å². The molecule has 0 fully saturated rings. The van der Waals surface area contributed by atoms with E-state index in [1.165, 1.54) is 18.3 Å². The minimum Gasteiger partial charge on any atom is -0.308 e. The van der Waals surface area contributed by atoms with Crippen LogP contribution >= 0.6 is 11.6 Å². The number of nitro groups is 1. The molecule has 16 heavy (non-hydrogen) atoms. The van der Waals surface area contributed by atoms with Crippen LogP contribution in [-0.2, 0) is 0 Å². The highest BCUT2D eigenvalue weighted by molar-refractivity contribution is 6.33. The Bertz CT molecular complexity index is 457. The van der Waals surface area contributed by atoms with Crippen molar-refractivity contribution in [1.29, 1.82) is 5.41 Å². The van der Waals surface area contributed by atoms with Crippen LogP contribution in [0.25, 0.3) is 0 Å². The minimum atomic E-state index is -0.509. The Kier molecular flexibility index (Phi) is 4.13. The lowest BCUT2D eigenvalue weighted by Gasteiger charge is -1.99. The van der Waals surface area contributed by atoms with Gasteiger partial charge in [-0.1, -0.05) is 17.7 Å². The first-order valence-electron chi connectivity index (χ1n) is 4.49. The second kappa shape index (κ2) is 5.37. The predicted molar refractivity (Wildman–Crippen MR) is 64.0 cm³/mol. The van der Waals surface area contributed by atoms with E-state index >= 15 is 0 Å². The standard InChI is InChI=1S/C10H10ClN3O2/c1-7(12)5-13-6-8-9(11)3-2-4-10(8)14(15)16/h2-4,6,12H,5H2,1H3. The van der Waals surface area contributed by atoms with Crippen molar-refractivity contribution in [3.05, 3.63) is 38.9 Å². The summed E-state index contributed by atoms with van der Waals surface area (Å²) in [4.78, 5) is 14.1. The fraction of sp³-hybridized carbons (Fsp3) is 0.200. The predicted octanol–water partition coefficient (Wildman–Crippen LogP) is 2.71. The fourth-order valence-electron chi connectivity index (χ4n) is 1.09. The zero-order valence-corrected chi connectivity index (χ0v) is 9.36. The number of rotatable bonds is 4. The molecule has 0 amide bonds. The first-order chi connectivity index (χ1) is 7.52. The van der Waals surface area contributed by atoms with Gasteiger partial charge in [-0.05, 0) is 13.0 Å². The normalized spacial score (nSPS) is 10.6. The molecule has 0 aliphatic rings. The third-order valence-corrected chi connectivity index (χ3v) is 2.11. The first-order valence-corrected chi connectivity index (χ1v) is 4.87. The molecule has 0 saturated carbocycles. The van der Waals surface area contributed by atoms with Gasteiger partial charge in [-0.25, -0.2) is 0 Å². The van der Waals surface area contributed by atoms with E-state index in [4.69, 9.17) is 17.0 Å². The lowest BCUT2D eigenvalue weighted by Crippen LogP contribution is -1.98. The van der Waals surface area contributed by atoms with Gasteiger partial charge in [0, 0.05) is 18.0 Å². The summed E-state index contributed by atoms with van der Waals surface area (Å²) < 4.78 is 0. The average Bonchev–Trinajstić information content (AvgIpc) is 2.19. The summed E-state index contributed by atoms with van der Waals surface area (Å²) >= 11 is 5.84. The molecule has 5 nitrogen and oxygen atoms in total. The molecule has 0 unspecified atom stereocenters. The monoisotopic (exact) mass is 239 g/mol. The molecule has 1 N–H and O–H groups in total. The number of hydrogen-bond donors (Lipinski definition) is 1. The van der Waals surface area contributed by atoms with E-state index in [0.29, 0.717) is 5.71 Å². The van der Waals surface area contributed by atoms with Gasteiger partial charge in [0.05, 0.1) is 22.1 Å². The van der Waals surface area contributed by atoms with Gasteiger partial charge in [-0.15, -0.1) is 0 Å². The van der Waals surface area contributed by atoms with E-state index in [0.717, 1.165) is 0 Å². The van der Waals surface area contributed by atoms with Gasteiger partial charge in [0.2, 0.25) is 0 Å². The van der Waals surface area contributed by atoms with Crippen LogP contribution in [0.15, 0.2) is 23.2 Å². The molecule has 0 radical (unpaired) electrons. The Labute approximate surface area is 97.4 Å². The van der Waals surface area contributed by atoms with E-state index in [9.17, 15) is 10.1 Å². The molecule has 0 saturated heterocycles. The van der Waals surface area contributed by atoms with Gasteiger partial charge >= 0.3 is 0 Å². The van der Waals surface area contributed by atoms with Crippen molar-refractivity contribution >= 4 is 29.2 Å². The molecule has 0 aliphatic heterocycles. The van der Waals surface area contributed by atoms with Crippen LogP contribution in [0.1, 0.15) is 12.5 Å². The van der Waals surface area contributed by atoms with Gasteiger partial charge < -0.3 is 5.41 Å². The number of aliphatic imine (C=N–C) groups is 1. The van der Waals surface area contributed by atoms with Crippen molar-refractivity contribution in [3.63, 3.8) is 0 Å². The number of halogens is 1. The quantitative estimate of drug-likeness (QED) is 0.498. The number of hydrogen-bond acceptors (Lipinski definition) is 4. The molecule has 1 aromatic rings. The highest BCUT2D eigenvalue weighted by Gasteiger charge is 2.14. The summed E-state index contributed by atoms with van der Waals surface area (Å²) in [7, 11) is 0. The average molecular weight is 240 g/mol. The lowest BCUT2D eigenvalue weighted by molar-refractivity contribution is -0.385. The number of nitro benzene ring substituents is 1. The summed E-state index contributed by atoms with van der Waals surface area (Å²) in [6.07, 6.45) is 1.33. The molecule has 6 heteroatoms. The van der Waals surface area contributed by atoms with Crippen molar-refractivity contribution < 1.29 is 4.92 Å². The molecular weight excluding hydrogens is 230 g/mol. The molecule has 1 aromatic carbocycles. The maximum atomic E-state index is 10.7. The van der Waals surface area contributed by atoms with E-state index in [2.05, 4.69) is 4.99 Å². The van der Waals surface area contributed by atoms with Gasteiger partial charge in [0.15, 0.2) is 0 Å². The largest absolute Gasteiger partial charge is 0.308 e. The first kappa shape index (κ1) is 12.3. The molecule has 0 atom stereocenters. The summed E-state index contributed by atoms with van der Waals surface area (Å²) in [6, 6.07) is 4.44. The summed E-state index contributed by atoms with van der Waals surface area (Å²) in [5.41, 5.74) is 0.570. The van der Waals surface area contributed by atoms with Gasteiger partial charge in [0.1, 0.15) is 0 Å². The van der Waals surface area contributed by atoms with Gasteiger partial charge in [0.25, 0.3) is 5.69 Å². The smallest absolute Gasteiger partial charge is 0.279 e. The Balaban J connectivity index is 3.06. The Morgan fingerprint density at radius 2 is 2.38 bits per heavy atom. The number of nitrogens with one attached hydrogen (secondary N) is 1. The van der Waals surface area contributed by atoms with E-state index in [1.54, 1.807) is 13.0 Å². The van der Waals surface area contributed by atoms with Crippen LogP contribution in [0.2, 0.25) is 5.02 Å². The summed E-state index contributed by atoms with van der Waals surface area (Å²) in [5, 5.41) is 18.2. The van der Waals surface area contributed by atoms with Crippen molar-refractivity contribution in [3.8, 4) is 0 Å².